The molecule has 0 unspecified atom stereocenters. The smallest absolute Gasteiger partial charge is 0.335 e. The van der Waals surface area contributed by atoms with Crippen LogP contribution in [0.5, 0.6) is 0 Å². The molecule has 132 valence electrons. The number of carboxylic acids is 1. The van der Waals surface area contributed by atoms with Gasteiger partial charge in [-0.25, -0.2) is 9.18 Å². The van der Waals surface area contributed by atoms with Crippen LogP contribution in [-0.4, -0.2) is 38.3 Å². The number of aryl methyl sites for hydroxylation is 1. The quantitative estimate of drug-likeness (QED) is 0.861. The number of carboxylic acid groups (broad SMARTS) is 1. The number of fused-ring (bicyclic) bond motifs is 1. The maximum Gasteiger partial charge on any atom is 0.335 e. The summed E-state index contributed by atoms with van der Waals surface area (Å²) in [4.78, 5) is 22.9. The third-order valence-electron chi connectivity index (χ3n) is 4.28. The van der Waals surface area contributed by atoms with Crippen LogP contribution in [0, 0.1) is 5.82 Å². The van der Waals surface area contributed by atoms with E-state index >= 15 is 0 Å². The number of amides is 1. The van der Waals surface area contributed by atoms with E-state index in [0.29, 0.717) is 13.0 Å². The first-order valence-corrected chi connectivity index (χ1v) is 8.28. The molecule has 0 atom stereocenters. The van der Waals surface area contributed by atoms with Gasteiger partial charge in [-0.3, -0.25) is 4.79 Å². The molecule has 0 saturated carbocycles. The second-order valence-electron chi connectivity index (χ2n) is 6.00. The molecular weight excluding hydrogens is 327 g/mol. The van der Waals surface area contributed by atoms with Gasteiger partial charge < -0.3 is 15.0 Å². The van der Waals surface area contributed by atoms with E-state index in [1.807, 2.05) is 0 Å². The molecule has 2 N–H and O–H groups in total. The van der Waals surface area contributed by atoms with E-state index in [0.717, 1.165) is 43.5 Å². The van der Waals surface area contributed by atoms with E-state index in [9.17, 15) is 14.0 Å². The standard InChI is InChI=1S/C17H19FN4O3/c18-13-10-11(17(24)25)5-6-12(13)16(23)19-8-7-15-21-20-14-4-2-1-3-9-22(14)15/h5-6,10H,1-4,7-9H2,(H,19,23)(H,24,25). The molecule has 1 aromatic carbocycles. The van der Waals surface area contributed by atoms with Crippen LogP contribution in [0.2, 0.25) is 0 Å². The van der Waals surface area contributed by atoms with Crippen molar-refractivity contribution in [1.82, 2.24) is 20.1 Å². The maximum absolute atomic E-state index is 13.9. The highest BCUT2D eigenvalue weighted by Gasteiger charge is 2.16. The van der Waals surface area contributed by atoms with Crippen LogP contribution in [0.25, 0.3) is 0 Å². The van der Waals surface area contributed by atoms with Crippen molar-refractivity contribution in [3.63, 3.8) is 0 Å². The van der Waals surface area contributed by atoms with Crippen molar-refractivity contribution < 1.29 is 19.1 Å². The summed E-state index contributed by atoms with van der Waals surface area (Å²) in [5, 5.41) is 19.8. The minimum absolute atomic E-state index is 0.176. The second-order valence-corrected chi connectivity index (χ2v) is 6.00. The number of halogens is 1. The van der Waals surface area contributed by atoms with Gasteiger partial charge in [-0.05, 0) is 31.0 Å². The number of carbonyl (C=O) groups excluding carboxylic acids is 1. The van der Waals surface area contributed by atoms with E-state index < -0.39 is 17.7 Å². The van der Waals surface area contributed by atoms with Crippen molar-refractivity contribution >= 4 is 11.9 Å². The van der Waals surface area contributed by atoms with Gasteiger partial charge >= 0.3 is 5.97 Å². The fourth-order valence-corrected chi connectivity index (χ4v) is 2.95. The summed E-state index contributed by atoms with van der Waals surface area (Å²) in [6.07, 6.45) is 4.80. The molecule has 0 bridgehead atoms. The van der Waals surface area contributed by atoms with Crippen molar-refractivity contribution in [2.24, 2.45) is 0 Å². The molecule has 0 fully saturated rings. The highest BCUT2D eigenvalue weighted by Crippen LogP contribution is 2.15. The lowest BCUT2D eigenvalue weighted by atomic mass is 10.1. The van der Waals surface area contributed by atoms with Crippen molar-refractivity contribution in [1.29, 1.82) is 0 Å². The Morgan fingerprint density at radius 1 is 1.24 bits per heavy atom. The molecule has 1 aromatic heterocycles. The minimum atomic E-state index is -1.24. The number of benzene rings is 1. The Morgan fingerprint density at radius 2 is 2.08 bits per heavy atom. The lowest BCUT2D eigenvalue weighted by Crippen LogP contribution is -2.27. The van der Waals surface area contributed by atoms with Crippen LogP contribution in [-0.2, 0) is 19.4 Å². The van der Waals surface area contributed by atoms with Gasteiger partial charge in [0.2, 0.25) is 0 Å². The Bertz CT molecular complexity index is 803. The van der Waals surface area contributed by atoms with Crippen LogP contribution in [0.1, 0.15) is 51.6 Å². The number of hydrogen-bond donors (Lipinski definition) is 2. The lowest BCUT2D eigenvalue weighted by molar-refractivity contribution is 0.0695. The summed E-state index contributed by atoms with van der Waals surface area (Å²) in [6, 6.07) is 3.23. The molecule has 2 aromatic rings. The molecule has 25 heavy (non-hydrogen) atoms. The van der Waals surface area contributed by atoms with Gasteiger partial charge in [0.05, 0.1) is 11.1 Å². The summed E-state index contributed by atoms with van der Waals surface area (Å²) >= 11 is 0. The SMILES string of the molecule is O=C(O)c1ccc(C(=O)NCCc2nnc3n2CCCCC3)c(F)c1. The van der Waals surface area contributed by atoms with Gasteiger partial charge in [0.15, 0.2) is 0 Å². The highest BCUT2D eigenvalue weighted by molar-refractivity contribution is 5.96. The van der Waals surface area contributed by atoms with Crippen LogP contribution in [0.4, 0.5) is 4.39 Å². The molecule has 0 aliphatic carbocycles. The van der Waals surface area contributed by atoms with Crippen molar-refractivity contribution in [3.8, 4) is 0 Å². The van der Waals surface area contributed by atoms with E-state index in [-0.39, 0.29) is 11.1 Å². The number of aromatic carboxylic acids is 1. The first-order valence-electron chi connectivity index (χ1n) is 8.28. The van der Waals surface area contributed by atoms with Crippen molar-refractivity contribution in [2.45, 2.75) is 38.6 Å². The number of nitrogens with one attached hydrogen (secondary N) is 1. The first-order chi connectivity index (χ1) is 12.1. The van der Waals surface area contributed by atoms with Crippen molar-refractivity contribution in [2.75, 3.05) is 6.54 Å². The van der Waals surface area contributed by atoms with E-state index in [1.54, 1.807) is 0 Å². The number of rotatable bonds is 5. The van der Waals surface area contributed by atoms with Gasteiger partial charge in [-0.2, -0.15) is 0 Å². The molecule has 1 aliphatic heterocycles. The zero-order valence-electron chi connectivity index (χ0n) is 13.7. The van der Waals surface area contributed by atoms with Crippen LogP contribution in [0.3, 0.4) is 0 Å². The van der Waals surface area contributed by atoms with Crippen molar-refractivity contribution in [3.05, 3.63) is 46.8 Å². The second kappa shape index (κ2) is 7.42. The van der Waals surface area contributed by atoms with Gasteiger partial charge in [-0.1, -0.05) is 6.42 Å². The summed E-state index contributed by atoms with van der Waals surface area (Å²) in [5.41, 5.74) is -0.370. The van der Waals surface area contributed by atoms with Crippen LogP contribution >= 0.6 is 0 Å². The molecular formula is C17H19FN4O3. The molecule has 0 saturated heterocycles. The number of carbonyl (C=O) groups is 2. The van der Waals surface area contributed by atoms with Gasteiger partial charge in [0.1, 0.15) is 17.5 Å². The third kappa shape index (κ3) is 3.84. The van der Waals surface area contributed by atoms with E-state index in [1.165, 1.54) is 18.6 Å². The molecule has 1 amide bonds. The minimum Gasteiger partial charge on any atom is -0.478 e. The monoisotopic (exact) mass is 346 g/mol. The predicted octanol–water partition coefficient (Wildman–Crippen LogP) is 1.81. The summed E-state index contributed by atoms with van der Waals surface area (Å²) in [6.45, 7) is 1.19. The summed E-state index contributed by atoms with van der Waals surface area (Å²) in [7, 11) is 0. The molecule has 1 aliphatic rings. The Hall–Kier alpha value is -2.77. The summed E-state index contributed by atoms with van der Waals surface area (Å²) in [5.74, 6) is -0.870. The largest absolute Gasteiger partial charge is 0.478 e. The first kappa shape index (κ1) is 17.1. The molecule has 3 rings (SSSR count). The van der Waals surface area contributed by atoms with Gasteiger partial charge in [0, 0.05) is 25.9 Å². The third-order valence-corrected chi connectivity index (χ3v) is 4.28. The maximum atomic E-state index is 13.9. The average molecular weight is 346 g/mol. The number of hydrogen-bond acceptors (Lipinski definition) is 4. The Morgan fingerprint density at radius 3 is 2.84 bits per heavy atom. The van der Waals surface area contributed by atoms with Gasteiger partial charge in [-0.15, -0.1) is 10.2 Å². The average Bonchev–Trinajstić information content (AvgIpc) is 2.81. The fourth-order valence-electron chi connectivity index (χ4n) is 2.95. The zero-order valence-corrected chi connectivity index (χ0v) is 13.7. The zero-order chi connectivity index (χ0) is 17.8. The topological polar surface area (TPSA) is 97.1 Å². The molecule has 7 nitrogen and oxygen atoms in total. The Kier molecular flexibility index (Phi) is 5.06. The molecule has 2 heterocycles. The van der Waals surface area contributed by atoms with E-state index in [4.69, 9.17) is 5.11 Å². The fraction of sp³-hybridized carbons (Fsp3) is 0.412. The van der Waals surface area contributed by atoms with E-state index in [2.05, 4.69) is 20.1 Å². The normalized spacial score (nSPS) is 13.8. The lowest BCUT2D eigenvalue weighted by Gasteiger charge is -2.08. The van der Waals surface area contributed by atoms with Gasteiger partial charge in [0.25, 0.3) is 5.91 Å². The Balaban J connectivity index is 1.60. The van der Waals surface area contributed by atoms with Crippen LogP contribution in [0.15, 0.2) is 18.2 Å². The molecule has 0 radical (unpaired) electrons. The molecule has 0 spiro atoms. The predicted molar refractivity (Wildman–Crippen MR) is 87.0 cm³/mol. The Labute approximate surface area is 143 Å². The number of nitrogens with zero attached hydrogens (tertiary/aromatic N) is 3. The molecule has 8 heteroatoms. The number of aromatic nitrogens is 3. The highest BCUT2D eigenvalue weighted by atomic mass is 19.1. The van der Waals surface area contributed by atoms with Crippen LogP contribution < -0.4 is 5.32 Å². The summed E-state index contributed by atoms with van der Waals surface area (Å²) < 4.78 is 16.0.